The van der Waals surface area contributed by atoms with Crippen LogP contribution in [0.2, 0.25) is 0 Å². The fourth-order valence-corrected chi connectivity index (χ4v) is 5.09. The van der Waals surface area contributed by atoms with E-state index in [1.165, 1.54) is 37.1 Å². The van der Waals surface area contributed by atoms with Crippen molar-refractivity contribution in [3.8, 4) is 11.5 Å². The van der Waals surface area contributed by atoms with Crippen LogP contribution < -0.4 is 14.5 Å². The molecular formula is C24H26N4O. The van der Waals surface area contributed by atoms with Gasteiger partial charge in [-0.05, 0) is 37.1 Å². The third kappa shape index (κ3) is 3.01. The predicted molar refractivity (Wildman–Crippen MR) is 116 cm³/mol. The van der Waals surface area contributed by atoms with E-state index in [9.17, 15) is 0 Å². The van der Waals surface area contributed by atoms with Gasteiger partial charge in [0.05, 0.1) is 25.4 Å². The maximum atomic E-state index is 6.21. The minimum absolute atomic E-state index is 0.547. The summed E-state index contributed by atoms with van der Waals surface area (Å²) in [5.41, 5.74) is 2.34. The van der Waals surface area contributed by atoms with Gasteiger partial charge >= 0.3 is 0 Å². The van der Waals surface area contributed by atoms with Crippen LogP contribution >= 0.6 is 0 Å². The number of hydrogen-bond acceptors (Lipinski definition) is 5. The normalized spacial score (nSPS) is 24.8. The summed E-state index contributed by atoms with van der Waals surface area (Å²) in [6.45, 7) is 1.80. The molecule has 2 aromatic rings. The second-order valence-electron chi connectivity index (χ2n) is 8.36. The first-order chi connectivity index (χ1) is 14.3. The number of nitrogens with zero attached hydrogens (tertiary/aromatic N) is 4. The van der Waals surface area contributed by atoms with E-state index >= 15 is 0 Å². The van der Waals surface area contributed by atoms with Gasteiger partial charge in [0.25, 0.3) is 0 Å². The molecule has 3 heterocycles. The van der Waals surface area contributed by atoms with Crippen LogP contribution in [-0.4, -0.2) is 35.2 Å². The van der Waals surface area contributed by atoms with Crippen LogP contribution in [0.15, 0.2) is 73.3 Å². The van der Waals surface area contributed by atoms with Crippen LogP contribution in [0.3, 0.4) is 0 Å². The largest absolute Gasteiger partial charge is 0.457 e. The summed E-state index contributed by atoms with van der Waals surface area (Å²) in [4.78, 5) is 9.71. The highest BCUT2D eigenvalue weighted by atomic mass is 16.5. The predicted octanol–water partition coefficient (Wildman–Crippen LogP) is 4.91. The Balaban J connectivity index is 1.42. The molecule has 0 N–H and O–H groups in total. The van der Waals surface area contributed by atoms with E-state index in [0.717, 1.165) is 24.8 Å². The number of rotatable bonds is 0. The molecule has 148 valence electrons. The van der Waals surface area contributed by atoms with Gasteiger partial charge in [-0.3, -0.25) is 0 Å². The van der Waals surface area contributed by atoms with Crippen molar-refractivity contribution in [2.75, 3.05) is 23.1 Å². The molecule has 2 aromatic carbocycles. The van der Waals surface area contributed by atoms with Crippen molar-refractivity contribution in [2.45, 2.75) is 37.8 Å². The summed E-state index contributed by atoms with van der Waals surface area (Å²) in [5.74, 6) is 1.74. The molecule has 5 heteroatoms. The minimum atomic E-state index is 0.547. The Hall–Kier alpha value is -3.08. The average Bonchev–Trinajstić information content (AvgIpc) is 3.44. The molecule has 29 heavy (non-hydrogen) atoms. The maximum Gasteiger partial charge on any atom is 0.129 e. The maximum absolute atomic E-state index is 6.21. The fraction of sp³-hybridized carbons (Fsp3) is 0.333. The molecule has 4 aliphatic rings. The van der Waals surface area contributed by atoms with Gasteiger partial charge in [-0.25, -0.2) is 0 Å². The second-order valence-corrected chi connectivity index (χ2v) is 8.36. The van der Waals surface area contributed by atoms with E-state index in [0.29, 0.717) is 12.1 Å². The van der Waals surface area contributed by atoms with Gasteiger partial charge in [0.2, 0.25) is 0 Å². The lowest BCUT2D eigenvalue weighted by Crippen LogP contribution is -2.51. The second kappa shape index (κ2) is 6.76. The van der Waals surface area contributed by atoms with Crippen molar-refractivity contribution < 1.29 is 4.74 Å². The van der Waals surface area contributed by atoms with Crippen molar-refractivity contribution >= 4 is 11.4 Å². The standard InChI is InChI=1S/C24H26N4O/c1-2-10-24-23(9-1)27-13-11-25(17-27)19-5-3-7-21(15-19)29-22-8-4-6-20(16-22)26-12-14-28(24)18-26/h3-8,11-16,23-24H,1-2,9-10,17-18H2. The molecule has 2 atom stereocenters. The molecule has 1 saturated carbocycles. The Morgan fingerprint density at radius 3 is 1.69 bits per heavy atom. The minimum Gasteiger partial charge on any atom is -0.457 e. The Morgan fingerprint density at radius 2 is 1.17 bits per heavy atom. The van der Waals surface area contributed by atoms with Crippen LogP contribution in [0.5, 0.6) is 11.5 Å². The highest BCUT2D eigenvalue weighted by molar-refractivity contribution is 5.57. The summed E-state index contributed by atoms with van der Waals surface area (Å²) < 4.78 is 6.21. The van der Waals surface area contributed by atoms with E-state index in [2.05, 4.69) is 80.8 Å². The number of ether oxygens (including phenoxy) is 1. The van der Waals surface area contributed by atoms with E-state index in [1.54, 1.807) is 0 Å². The number of benzene rings is 2. The van der Waals surface area contributed by atoms with Crippen LogP contribution in [-0.2, 0) is 0 Å². The Bertz CT molecular complexity index is 893. The molecule has 5 nitrogen and oxygen atoms in total. The zero-order chi connectivity index (χ0) is 19.2. The van der Waals surface area contributed by atoms with Crippen LogP contribution in [0, 0.1) is 0 Å². The highest BCUT2D eigenvalue weighted by Crippen LogP contribution is 2.35. The van der Waals surface area contributed by atoms with E-state index in [-0.39, 0.29) is 0 Å². The number of hydrogen-bond donors (Lipinski definition) is 0. The van der Waals surface area contributed by atoms with Gasteiger partial charge in [0.1, 0.15) is 11.5 Å². The highest BCUT2D eigenvalue weighted by Gasteiger charge is 2.36. The van der Waals surface area contributed by atoms with Crippen molar-refractivity contribution in [1.82, 2.24) is 9.80 Å². The topological polar surface area (TPSA) is 22.2 Å². The first kappa shape index (κ1) is 16.8. The van der Waals surface area contributed by atoms with Crippen molar-refractivity contribution in [3.63, 3.8) is 0 Å². The van der Waals surface area contributed by atoms with Crippen molar-refractivity contribution in [3.05, 3.63) is 73.3 Å². The lowest BCUT2D eigenvalue weighted by molar-refractivity contribution is 0.115. The molecule has 1 fully saturated rings. The van der Waals surface area contributed by atoms with Crippen LogP contribution in [0.1, 0.15) is 25.7 Å². The summed E-state index contributed by atoms with van der Waals surface area (Å²) in [6, 6.07) is 17.9. The van der Waals surface area contributed by atoms with Crippen molar-refractivity contribution in [2.24, 2.45) is 0 Å². The zero-order valence-electron chi connectivity index (χ0n) is 16.5. The van der Waals surface area contributed by atoms with E-state index < -0.39 is 0 Å². The molecule has 1 aliphatic carbocycles. The van der Waals surface area contributed by atoms with Gasteiger partial charge in [0.15, 0.2) is 0 Å². The first-order valence-electron chi connectivity index (χ1n) is 10.6. The Kier molecular flexibility index (Phi) is 3.93. The summed E-state index contributed by atoms with van der Waals surface area (Å²) in [6.07, 6.45) is 14.1. The number of fused-ring (bicyclic) bond motifs is 13. The molecule has 8 bridgehead atoms. The van der Waals surface area contributed by atoms with Gasteiger partial charge in [-0.15, -0.1) is 0 Å². The fourth-order valence-electron chi connectivity index (χ4n) is 5.09. The molecule has 0 aromatic heterocycles. The lowest BCUT2D eigenvalue weighted by Gasteiger charge is -2.43. The molecule has 0 spiro atoms. The molecule has 6 rings (SSSR count). The molecule has 0 saturated heterocycles. The van der Waals surface area contributed by atoms with Crippen LogP contribution in [0.25, 0.3) is 0 Å². The van der Waals surface area contributed by atoms with Gasteiger partial charge < -0.3 is 24.3 Å². The third-order valence-electron chi connectivity index (χ3n) is 6.59. The lowest BCUT2D eigenvalue weighted by atomic mass is 9.88. The quantitative estimate of drug-likeness (QED) is 0.640. The summed E-state index contributed by atoms with van der Waals surface area (Å²) in [5, 5.41) is 0. The molecular weight excluding hydrogens is 360 g/mol. The van der Waals surface area contributed by atoms with Crippen molar-refractivity contribution in [1.29, 1.82) is 0 Å². The third-order valence-corrected chi connectivity index (χ3v) is 6.59. The van der Waals surface area contributed by atoms with E-state index in [4.69, 9.17) is 4.74 Å². The van der Waals surface area contributed by atoms with Gasteiger partial charge in [-0.1, -0.05) is 25.0 Å². The first-order valence-corrected chi connectivity index (χ1v) is 10.6. The SMILES string of the molecule is C1=CN2CN1c1cccc(c1)Oc1cccc(c1)N1C=CN(C1)C1CCCCC12. The molecule has 0 amide bonds. The Labute approximate surface area is 172 Å². The average molecular weight is 386 g/mol. The number of anilines is 2. The Morgan fingerprint density at radius 1 is 0.655 bits per heavy atom. The molecule has 2 unspecified atom stereocenters. The summed E-state index contributed by atoms with van der Waals surface area (Å²) >= 11 is 0. The summed E-state index contributed by atoms with van der Waals surface area (Å²) in [7, 11) is 0. The molecule has 0 radical (unpaired) electrons. The van der Waals surface area contributed by atoms with Crippen LogP contribution in [0.4, 0.5) is 11.4 Å². The van der Waals surface area contributed by atoms with Gasteiger partial charge in [-0.2, -0.15) is 0 Å². The molecule has 3 aliphatic heterocycles. The smallest absolute Gasteiger partial charge is 0.129 e. The van der Waals surface area contributed by atoms with E-state index in [1.807, 2.05) is 12.1 Å². The van der Waals surface area contributed by atoms with Gasteiger partial charge in [0, 0.05) is 48.3 Å². The zero-order valence-corrected chi connectivity index (χ0v) is 16.5. The monoisotopic (exact) mass is 386 g/mol.